The maximum atomic E-state index is 10.8. The van der Waals surface area contributed by atoms with Crippen LogP contribution in [-0.2, 0) is 6.42 Å². The molecule has 0 amide bonds. The Balaban J connectivity index is 2.02. The van der Waals surface area contributed by atoms with E-state index in [1.54, 1.807) is 36.6 Å². The first-order chi connectivity index (χ1) is 9.24. The van der Waals surface area contributed by atoms with Crippen molar-refractivity contribution in [3.63, 3.8) is 0 Å². The normalized spacial score (nSPS) is 10.2. The molecule has 0 saturated heterocycles. The molecule has 4 nitrogen and oxygen atoms in total. The molecule has 0 unspecified atom stereocenters. The molecule has 19 heavy (non-hydrogen) atoms. The predicted molar refractivity (Wildman–Crippen MR) is 74.4 cm³/mol. The molecule has 0 N–H and O–H groups in total. The second kappa shape index (κ2) is 6.33. The van der Waals surface area contributed by atoms with Gasteiger partial charge < -0.3 is 9.47 Å². The summed E-state index contributed by atoms with van der Waals surface area (Å²) in [5.41, 5.74) is 3.45. The van der Waals surface area contributed by atoms with Gasteiger partial charge in [0.05, 0.1) is 24.9 Å². The molecule has 1 aromatic carbocycles. The Morgan fingerprint density at radius 2 is 2.21 bits per heavy atom. The summed E-state index contributed by atoms with van der Waals surface area (Å²) in [5.74, 6) is 1.22. The van der Waals surface area contributed by atoms with Crippen LogP contribution in [0, 0.1) is 6.92 Å². The average Bonchev–Trinajstić information content (AvgIpc) is 2.84. The minimum atomic E-state index is 0.529. The average molecular weight is 277 g/mol. The minimum Gasteiger partial charge on any atom is -0.493 e. The van der Waals surface area contributed by atoms with E-state index in [4.69, 9.17) is 9.47 Å². The molecule has 0 radical (unpaired) electrons. The molecule has 1 aromatic heterocycles. The largest absolute Gasteiger partial charge is 0.493 e. The molecule has 100 valence electrons. The van der Waals surface area contributed by atoms with Crippen LogP contribution >= 0.6 is 11.3 Å². The van der Waals surface area contributed by atoms with Crippen molar-refractivity contribution < 1.29 is 14.3 Å². The second-order valence-corrected chi connectivity index (χ2v) is 4.93. The van der Waals surface area contributed by atoms with Gasteiger partial charge in [-0.15, -0.1) is 11.3 Å². The highest BCUT2D eigenvalue weighted by Gasteiger charge is 2.07. The number of hydrogen-bond donors (Lipinski definition) is 0. The number of thiazole rings is 1. The van der Waals surface area contributed by atoms with E-state index in [0.717, 1.165) is 18.4 Å². The minimum absolute atomic E-state index is 0.529. The topological polar surface area (TPSA) is 48.4 Å². The molecule has 1 heterocycles. The smallest absolute Gasteiger partial charge is 0.161 e. The highest BCUT2D eigenvalue weighted by Crippen LogP contribution is 2.27. The quantitative estimate of drug-likeness (QED) is 0.762. The Morgan fingerprint density at radius 1 is 1.37 bits per heavy atom. The van der Waals surface area contributed by atoms with Crippen molar-refractivity contribution in [1.29, 1.82) is 0 Å². The van der Waals surface area contributed by atoms with Gasteiger partial charge in [-0.2, -0.15) is 0 Å². The summed E-state index contributed by atoms with van der Waals surface area (Å²) in [6, 6.07) is 5.12. The fourth-order valence-electron chi connectivity index (χ4n) is 1.70. The van der Waals surface area contributed by atoms with Crippen molar-refractivity contribution in [2.24, 2.45) is 0 Å². The van der Waals surface area contributed by atoms with E-state index in [2.05, 4.69) is 4.98 Å². The Hall–Kier alpha value is -1.88. The van der Waals surface area contributed by atoms with E-state index in [9.17, 15) is 4.79 Å². The fraction of sp³-hybridized carbons (Fsp3) is 0.286. The number of carbonyl (C=O) groups excluding carboxylic acids is 1. The number of nitrogens with zero attached hydrogens (tertiary/aromatic N) is 1. The van der Waals surface area contributed by atoms with Gasteiger partial charge in [0.1, 0.15) is 6.29 Å². The molecule has 0 spiro atoms. The zero-order chi connectivity index (χ0) is 13.7. The summed E-state index contributed by atoms with van der Waals surface area (Å²) >= 11 is 1.62. The number of aryl methyl sites for hydroxylation is 1. The number of methoxy groups -OCH3 is 1. The SMILES string of the molecule is COc1ccc(C=O)cc1OCCc1scnc1C. The summed E-state index contributed by atoms with van der Waals surface area (Å²) in [5, 5.41) is 0. The number of benzene rings is 1. The molecule has 5 heteroatoms. The third-order valence-corrected chi connectivity index (χ3v) is 3.75. The second-order valence-electron chi connectivity index (χ2n) is 3.99. The molecule has 0 saturated carbocycles. The summed E-state index contributed by atoms with van der Waals surface area (Å²) in [6.45, 7) is 2.52. The van der Waals surface area contributed by atoms with Crippen LogP contribution in [0.1, 0.15) is 20.9 Å². The van der Waals surface area contributed by atoms with Gasteiger partial charge in [-0.05, 0) is 25.1 Å². The van der Waals surface area contributed by atoms with E-state index in [1.165, 1.54) is 4.88 Å². The van der Waals surface area contributed by atoms with Gasteiger partial charge in [-0.1, -0.05) is 0 Å². The predicted octanol–water partition coefficient (Wildman–Crippen LogP) is 2.89. The Labute approximate surface area is 116 Å². The summed E-state index contributed by atoms with van der Waals surface area (Å²) < 4.78 is 10.9. The van der Waals surface area contributed by atoms with E-state index in [-0.39, 0.29) is 0 Å². The standard InChI is InChI=1S/C14H15NO3S/c1-10-14(19-9-15-10)5-6-18-13-7-11(8-16)3-4-12(13)17-2/h3-4,7-9H,5-6H2,1-2H3. The van der Waals surface area contributed by atoms with Crippen molar-refractivity contribution >= 4 is 17.6 Å². The van der Waals surface area contributed by atoms with E-state index in [0.29, 0.717) is 23.7 Å². The van der Waals surface area contributed by atoms with Crippen LogP contribution < -0.4 is 9.47 Å². The van der Waals surface area contributed by atoms with Gasteiger partial charge in [-0.3, -0.25) is 4.79 Å². The lowest BCUT2D eigenvalue weighted by atomic mass is 10.2. The van der Waals surface area contributed by atoms with Crippen LogP contribution in [0.5, 0.6) is 11.5 Å². The lowest BCUT2D eigenvalue weighted by molar-refractivity contribution is 0.112. The molecule has 0 aliphatic carbocycles. The lowest BCUT2D eigenvalue weighted by Crippen LogP contribution is -2.03. The number of ether oxygens (including phenoxy) is 2. The fourth-order valence-corrected chi connectivity index (χ4v) is 2.46. The van der Waals surface area contributed by atoms with E-state index >= 15 is 0 Å². The third-order valence-electron chi connectivity index (χ3n) is 2.76. The van der Waals surface area contributed by atoms with Crippen LogP contribution in [0.3, 0.4) is 0 Å². The monoisotopic (exact) mass is 277 g/mol. The van der Waals surface area contributed by atoms with Gasteiger partial charge in [0.2, 0.25) is 0 Å². The molecule has 0 atom stereocenters. The third kappa shape index (κ3) is 3.32. The molecule has 0 aliphatic heterocycles. The lowest BCUT2D eigenvalue weighted by Gasteiger charge is -2.10. The van der Waals surface area contributed by atoms with Crippen LogP contribution in [0.4, 0.5) is 0 Å². The number of aldehydes is 1. The van der Waals surface area contributed by atoms with Crippen molar-refractivity contribution in [1.82, 2.24) is 4.98 Å². The molecule has 2 rings (SSSR count). The van der Waals surface area contributed by atoms with Gasteiger partial charge in [0.25, 0.3) is 0 Å². The number of carbonyl (C=O) groups is 1. The zero-order valence-corrected chi connectivity index (χ0v) is 11.7. The first kappa shape index (κ1) is 13.5. The first-order valence-electron chi connectivity index (χ1n) is 5.89. The molecule has 2 aromatic rings. The van der Waals surface area contributed by atoms with Crippen molar-refractivity contribution in [2.75, 3.05) is 13.7 Å². The molecule has 0 fully saturated rings. The Morgan fingerprint density at radius 3 is 2.84 bits per heavy atom. The highest BCUT2D eigenvalue weighted by atomic mass is 32.1. The summed E-state index contributed by atoms with van der Waals surface area (Å²) in [6.07, 6.45) is 1.59. The molecular formula is C14H15NO3S. The zero-order valence-electron chi connectivity index (χ0n) is 10.9. The van der Waals surface area contributed by atoms with Crippen LogP contribution in [-0.4, -0.2) is 25.0 Å². The van der Waals surface area contributed by atoms with Crippen LogP contribution in [0.25, 0.3) is 0 Å². The van der Waals surface area contributed by atoms with Crippen LogP contribution in [0.2, 0.25) is 0 Å². The first-order valence-corrected chi connectivity index (χ1v) is 6.77. The maximum Gasteiger partial charge on any atom is 0.161 e. The van der Waals surface area contributed by atoms with Crippen molar-refractivity contribution in [2.45, 2.75) is 13.3 Å². The molecular weight excluding hydrogens is 262 g/mol. The van der Waals surface area contributed by atoms with Gasteiger partial charge >= 0.3 is 0 Å². The van der Waals surface area contributed by atoms with Gasteiger partial charge in [-0.25, -0.2) is 4.98 Å². The van der Waals surface area contributed by atoms with E-state index < -0.39 is 0 Å². The van der Waals surface area contributed by atoms with Gasteiger partial charge in [0.15, 0.2) is 11.5 Å². The Bertz CT molecular complexity index is 566. The Kier molecular flexibility index (Phi) is 4.52. The summed E-state index contributed by atoms with van der Waals surface area (Å²) in [7, 11) is 1.58. The van der Waals surface area contributed by atoms with E-state index in [1.807, 2.05) is 12.4 Å². The van der Waals surface area contributed by atoms with Crippen molar-refractivity contribution in [3.8, 4) is 11.5 Å². The molecule has 0 aliphatic rings. The molecule has 0 bridgehead atoms. The van der Waals surface area contributed by atoms with Crippen LogP contribution in [0.15, 0.2) is 23.7 Å². The van der Waals surface area contributed by atoms with Crippen molar-refractivity contribution in [3.05, 3.63) is 39.8 Å². The number of aromatic nitrogens is 1. The number of hydrogen-bond acceptors (Lipinski definition) is 5. The maximum absolute atomic E-state index is 10.8. The van der Waals surface area contributed by atoms with Gasteiger partial charge in [0, 0.05) is 16.9 Å². The highest BCUT2D eigenvalue weighted by molar-refractivity contribution is 7.09. The number of rotatable bonds is 6. The summed E-state index contributed by atoms with van der Waals surface area (Å²) in [4.78, 5) is 16.2.